The van der Waals surface area contributed by atoms with Gasteiger partial charge in [0.2, 0.25) is 0 Å². The predicted octanol–water partition coefficient (Wildman–Crippen LogP) is 4.61. The standard InChI is InChI=1S/C24H22N2O5/c1-17-12-13-20(26(29)30)14-22(17)25-23(27)16-31-24(28)15-21(18-8-4-2-5-9-18)19-10-6-3-7-11-19/h2-14,21H,15-16H2,1H3,(H,25,27). The van der Waals surface area contributed by atoms with Crippen LogP contribution in [0, 0.1) is 17.0 Å². The summed E-state index contributed by atoms with van der Waals surface area (Å²) in [5.74, 6) is -1.27. The molecule has 0 radical (unpaired) electrons. The number of non-ortho nitro benzene ring substituents is 1. The smallest absolute Gasteiger partial charge is 0.307 e. The first-order valence-electron chi connectivity index (χ1n) is 9.74. The van der Waals surface area contributed by atoms with Gasteiger partial charge in [0, 0.05) is 18.1 Å². The van der Waals surface area contributed by atoms with Gasteiger partial charge in [-0.15, -0.1) is 0 Å². The topological polar surface area (TPSA) is 98.5 Å². The Morgan fingerprint density at radius 3 is 2.10 bits per heavy atom. The lowest BCUT2D eigenvalue weighted by atomic mass is 9.89. The van der Waals surface area contributed by atoms with Crippen molar-refractivity contribution < 1.29 is 19.2 Å². The largest absolute Gasteiger partial charge is 0.456 e. The molecule has 0 saturated carbocycles. The minimum Gasteiger partial charge on any atom is -0.456 e. The van der Waals surface area contributed by atoms with Gasteiger partial charge >= 0.3 is 5.97 Å². The predicted molar refractivity (Wildman–Crippen MR) is 117 cm³/mol. The Bertz CT molecular complexity index is 1030. The molecular weight excluding hydrogens is 396 g/mol. The van der Waals surface area contributed by atoms with E-state index in [0.29, 0.717) is 11.3 Å². The van der Waals surface area contributed by atoms with Gasteiger partial charge in [-0.05, 0) is 23.6 Å². The van der Waals surface area contributed by atoms with Crippen molar-refractivity contribution in [2.75, 3.05) is 11.9 Å². The molecule has 0 aliphatic carbocycles. The van der Waals surface area contributed by atoms with Crippen molar-refractivity contribution in [3.63, 3.8) is 0 Å². The van der Waals surface area contributed by atoms with Crippen molar-refractivity contribution in [1.29, 1.82) is 0 Å². The highest BCUT2D eigenvalue weighted by Gasteiger charge is 2.20. The maximum absolute atomic E-state index is 12.5. The van der Waals surface area contributed by atoms with E-state index >= 15 is 0 Å². The zero-order valence-electron chi connectivity index (χ0n) is 17.0. The second-order valence-corrected chi connectivity index (χ2v) is 7.04. The van der Waals surface area contributed by atoms with Gasteiger partial charge < -0.3 is 10.1 Å². The summed E-state index contributed by atoms with van der Waals surface area (Å²) in [5, 5.41) is 13.5. The van der Waals surface area contributed by atoms with Crippen LogP contribution in [0.1, 0.15) is 29.0 Å². The normalized spacial score (nSPS) is 10.5. The van der Waals surface area contributed by atoms with Crippen LogP contribution in [0.2, 0.25) is 0 Å². The molecule has 0 aliphatic rings. The maximum atomic E-state index is 12.5. The third-order valence-electron chi connectivity index (χ3n) is 4.84. The molecule has 0 bridgehead atoms. The van der Waals surface area contributed by atoms with Crippen molar-refractivity contribution in [3.05, 3.63) is 106 Å². The fourth-order valence-corrected chi connectivity index (χ4v) is 3.21. The highest BCUT2D eigenvalue weighted by molar-refractivity contribution is 5.93. The van der Waals surface area contributed by atoms with Gasteiger partial charge in [-0.25, -0.2) is 0 Å². The SMILES string of the molecule is Cc1ccc([N+](=O)[O-])cc1NC(=O)COC(=O)CC(c1ccccc1)c1ccccc1. The lowest BCUT2D eigenvalue weighted by Crippen LogP contribution is -2.22. The number of benzene rings is 3. The zero-order chi connectivity index (χ0) is 22.2. The maximum Gasteiger partial charge on any atom is 0.307 e. The highest BCUT2D eigenvalue weighted by Crippen LogP contribution is 2.28. The van der Waals surface area contributed by atoms with Crippen LogP contribution in [0.4, 0.5) is 11.4 Å². The molecule has 0 saturated heterocycles. The second kappa shape index (κ2) is 10.2. The van der Waals surface area contributed by atoms with Gasteiger partial charge in [-0.2, -0.15) is 0 Å². The Morgan fingerprint density at radius 2 is 1.55 bits per heavy atom. The molecule has 0 unspecified atom stereocenters. The Morgan fingerprint density at radius 1 is 0.968 bits per heavy atom. The minimum atomic E-state index is -0.562. The second-order valence-electron chi connectivity index (χ2n) is 7.04. The summed E-state index contributed by atoms with van der Waals surface area (Å²) in [6.07, 6.45) is 0.0805. The average Bonchev–Trinajstić information content (AvgIpc) is 2.78. The van der Waals surface area contributed by atoms with E-state index in [1.54, 1.807) is 13.0 Å². The van der Waals surface area contributed by atoms with Crippen molar-refractivity contribution in [2.24, 2.45) is 0 Å². The Balaban J connectivity index is 1.62. The summed E-state index contributed by atoms with van der Waals surface area (Å²) in [7, 11) is 0. The van der Waals surface area contributed by atoms with Crippen LogP contribution < -0.4 is 5.32 Å². The molecule has 158 valence electrons. The van der Waals surface area contributed by atoms with Crippen molar-refractivity contribution in [1.82, 2.24) is 0 Å². The number of rotatable bonds is 8. The first-order valence-corrected chi connectivity index (χ1v) is 9.74. The number of aryl methyl sites for hydroxylation is 1. The number of carbonyl (C=O) groups excluding carboxylic acids is 2. The van der Waals surface area contributed by atoms with Crippen LogP contribution in [-0.2, 0) is 14.3 Å². The Hall–Kier alpha value is -4.00. The summed E-state index contributed by atoms with van der Waals surface area (Å²) in [6.45, 7) is 1.24. The lowest BCUT2D eigenvalue weighted by molar-refractivity contribution is -0.384. The first kappa shape index (κ1) is 21.7. The van der Waals surface area contributed by atoms with Crippen molar-refractivity contribution in [3.8, 4) is 0 Å². The molecule has 0 spiro atoms. The molecule has 0 fully saturated rings. The van der Waals surface area contributed by atoms with Gasteiger partial charge in [-0.1, -0.05) is 66.7 Å². The number of anilines is 1. The van der Waals surface area contributed by atoms with Gasteiger partial charge in [-0.3, -0.25) is 19.7 Å². The van der Waals surface area contributed by atoms with Crippen LogP contribution >= 0.6 is 0 Å². The molecule has 0 aliphatic heterocycles. The van der Waals surface area contributed by atoms with E-state index in [1.807, 2.05) is 60.7 Å². The van der Waals surface area contributed by atoms with Crippen LogP contribution in [0.5, 0.6) is 0 Å². The molecule has 1 N–H and O–H groups in total. The monoisotopic (exact) mass is 418 g/mol. The summed E-state index contributed by atoms with van der Waals surface area (Å²) in [6, 6.07) is 23.4. The molecule has 0 atom stereocenters. The molecule has 7 nitrogen and oxygen atoms in total. The number of nitrogens with one attached hydrogen (secondary N) is 1. The molecule has 0 heterocycles. The fraction of sp³-hybridized carbons (Fsp3) is 0.167. The van der Waals surface area contributed by atoms with Gasteiger partial charge in [0.25, 0.3) is 11.6 Å². The molecule has 7 heteroatoms. The molecule has 3 aromatic rings. The van der Waals surface area contributed by atoms with Gasteiger partial charge in [0.15, 0.2) is 6.61 Å². The number of esters is 1. The summed E-state index contributed by atoms with van der Waals surface area (Å²) < 4.78 is 5.18. The lowest BCUT2D eigenvalue weighted by Gasteiger charge is -2.17. The van der Waals surface area contributed by atoms with E-state index in [1.165, 1.54) is 12.1 Å². The van der Waals surface area contributed by atoms with Crippen LogP contribution in [0.15, 0.2) is 78.9 Å². The van der Waals surface area contributed by atoms with Crippen LogP contribution in [0.25, 0.3) is 0 Å². The van der Waals surface area contributed by atoms with Crippen LogP contribution in [0.3, 0.4) is 0 Å². The van der Waals surface area contributed by atoms with Crippen molar-refractivity contribution in [2.45, 2.75) is 19.3 Å². The van der Waals surface area contributed by atoms with E-state index in [4.69, 9.17) is 4.74 Å². The highest BCUT2D eigenvalue weighted by atomic mass is 16.6. The minimum absolute atomic E-state index is 0.0805. The van der Waals surface area contributed by atoms with Crippen molar-refractivity contribution >= 4 is 23.3 Å². The van der Waals surface area contributed by atoms with Gasteiger partial charge in [0.1, 0.15) is 0 Å². The molecule has 0 aromatic heterocycles. The Labute approximate surface area is 179 Å². The van der Waals surface area contributed by atoms with Crippen LogP contribution in [-0.4, -0.2) is 23.4 Å². The molecule has 3 aromatic carbocycles. The van der Waals surface area contributed by atoms with E-state index in [0.717, 1.165) is 11.1 Å². The quantitative estimate of drug-likeness (QED) is 0.327. The number of hydrogen-bond donors (Lipinski definition) is 1. The molecule has 31 heavy (non-hydrogen) atoms. The van der Waals surface area contributed by atoms with E-state index in [9.17, 15) is 19.7 Å². The first-order chi connectivity index (χ1) is 14.9. The third-order valence-corrected chi connectivity index (χ3v) is 4.84. The van der Waals surface area contributed by atoms with E-state index < -0.39 is 23.4 Å². The molecule has 1 amide bonds. The average molecular weight is 418 g/mol. The Kier molecular flexibility index (Phi) is 7.11. The number of nitrogens with zero attached hydrogens (tertiary/aromatic N) is 1. The van der Waals surface area contributed by atoms with E-state index in [2.05, 4.69) is 5.32 Å². The molecular formula is C24H22N2O5. The van der Waals surface area contributed by atoms with E-state index in [-0.39, 0.29) is 18.0 Å². The number of carbonyl (C=O) groups is 2. The van der Waals surface area contributed by atoms with Gasteiger partial charge in [0.05, 0.1) is 17.0 Å². The summed E-state index contributed by atoms with van der Waals surface area (Å²) in [4.78, 5) is 35.1. The number of hydrogen-bond acceptors (Lipinski definition) is 5. The molecule has 3 rings (SSSR count). The fourth-order valence-electron chi connectivity index (χ4n) is 3.21. The summed E-state index contributed by atoms with van der Waals surface area (Å²) >= 11 is 0. The zero-order valence-corrected chi connectivity index (χ0v) is 17.0. The number of amides is 1. The number of ether oxygens (including phenoxy) is 1. The number of nitro benzene ring substituents is 1. The third kappa shape index (κ3) is 5.99. The summed E-state index contributed by atoms with van der Waals surface area (Å²) in [5.41, 5.74) is 2.79. The number of nitro groups is 1.